The van der Waals surface area contributed by atoms with Gasteiger partial charge in [-0.1, -0.05) is 13.3 Å². The molecule has 1 N–H and O–H groups in total. The summed E-state index contributed by atoms with van der Waals surface area (Å²) in [6.45, 7) is 10.7. The molecule has 3 fully saturated rings. The van der Waals surface area contributed by atoms with Gasteiger partial charge in [-0.25, -0.2) is 0 Å². The summed E-state index contributed by atoms with van der Waals surface area (Å²) in [6.07, 6.45) is 7.07. The van der Waals surface area contributed by atoms with Crippen LogP contribution in [0, 0.1) is 11.8 Å². The zero-order valence-electron chi connectivity index (χ0n) is 14.6. The molecule has 4 heteroatoms. The summed E-state index contributed by atoms with van der Waals surface area (Å²) in [5.41, 5.74) is 0. The number of nitrogens with one attached hydrogen (secondary N) is 1. The first-order valence-corrected chi connectivity index (χ1v) is 9.47. The maximum absolute atomic E-state index is 5.56. The van der Waals surface area contributed by atoms with Crippen molar-refractivity contribution in [3.8, 4) is 0 Å². The van der Waals surface area contributed by atoms with Crippen LogP contribution in [0.1, 0.15) is 39.0 Å². The van der Waals surface area contributed by atoms with Gasteiger partial charge in [0.2, 0.25) is 0 Å². The van der Waals surface area contributed by atoms with Crippen LogP contribution in [0.5, 0.6) is 0 Å². The summed E-state index contributed by atoms with van der Waals surface area (Å²) in [4.78, 5) is 5.48. The van der Waals surface area contributed by atoms with Gasteiger partial charge in [0.25, 0.3) is 0 Å². The Morgan fingerprint density at radius 2 is 1.82 bits per heavy atom. The number of hydrogen-bond donors (Lipinski definition) is 1. The summed E-state index contributed by atoms with van der Waals surface area (Å²) in [7, 11) is 1.86. The number of piperazine rings is 1. The fourth-order valence-corrected chi connectivity index (χ4v) is 4.65. The lowest BCUT2D eigenvalue weighted by molar-refractivity contribution is -0.0181. The van der Waals surface area contributed by atoms with Crippen LogP contribution in [0.4, 0.5) is 0 Å². The predicted octanol–water partition coefficient (Wildman–Crippen LogP) is 1.81. The van der Waals surface area contributed by atoms with Crippen molar-refractivity contribution < 1.29 is 4.74 Å². The molecule has 3 rings (SSSR count). The monoisotopic (exact) mass is 309 g/mol. The third kappa shape index (κ3) is 4.02. The Bertz CT molecular complexity index is 326. The zero-order valence-corrected chi connectivity index (χ0v) is 14.6. The van der Waals surface area contributed by atoms with Gasteiger partial charge >= 0.3 is 0 Å². The largest absolute Gasteiger partial charge is 0.383 e. The first-order valence-electron chi connectivity index (χ1n) is 9.47. The minimum absolute atomic E-state index is 0.606. The van der Waals surface area contributed by atoms with Crippen LogP contribution in [0.2, 0.25) is 0 Å². The van der Waals surface area contributed by atoms with E-state index < -0.39 is 0 Å². The molecule has 2 aliphatic heterocycles. The summed E-state index contributed by atoms with van der Waals surface area (Å²) in [6, 6.07) is 1.42. The molecule has 0 aromatic rings. The lowest BCUT2D eigenvalue weighted by Crippen LogP contribution is -2.60. The molecule has 3 aliphatic rings. The van der Waals surface area contributed by atoms with E-state index in [9.17, 15) is 0 Å². The molecule has 128 valence electrons. The Hall–Kier alpha value is -0.160. The van der Waals surface area contributed by atoms with Crippen LogP contribution in [0.15, 0.2) is 0 Å². The average Bonchev–Trinajstić information content (AvgIpc) is 2.52. The Balaban J connectivity index is 1.52. The van der Waals surface area contributed by atoms with E-state index in [4.69, 9.17) is 4.74 Å². The summed E-state index contributed by atoms with van der Waals surface area (Å²) < 4.78 is 5.56. The first kappa shape index (κ1) is 16.7. The summed E-state index contributed by atoms with van der Waals surface area (Å²) >= 11 is 0. The molecule has 22 heavy (non-hydrogen) atoms. The van der Waals surface area contributed by atoms with E-state index in [-0.39, 0.29) is 0 Å². The lowest BCUT2D eigenvalue weighted by Gasteiger charge is -2.48. The second kappa shape index (κ2) is 8.09. The molecule has 2 heterocycles. The fraction of sp³-hybridized carbons (Fsp3) is 1.00. The van der Waals surface area contributed by atoms with Crippen LogP contribution in [-0.2, 0) is 4.74 Å². The molecule has 0 aromatic carbocycles. The maximum atomic E-state index is 5.56. The molecule has 0 spiro atoms. The molecule has 0 aromatic heterocycles. The Morgan fingerprint density at radius 3 is 2.41 bits per heavy atom. The van der Waals surface area contributed by atoms with Crippen molar-refractivity contribution in [3.63, 3.8) is 0 Å². The zero-order chi connectivity index (χ0) is 15.4. The second-order valence-corrected chi connectivity index (χ2v) is 7.71. The van der Waals surface area contributed by atoms with Gasteiger partial charge in [-0.2, -0.15) is 0 Å². The molecule has 1 atom stereocenters. The van der Waals surface area contributed by atoms with Crippen molar-refractivity contribution >= 4 is 0 Å². The fourth-order valence-electron chi connectivity index (χ4n) is 4.65. The van der Waals surface area contributed by atoms with Crippen LogP contribution in [-0.4, -0.2) is 74.9 Å². The van der Waals surface area contributed by atoms with E-state index in [2.05, 4.69) is 22.0 Å². The highest BCUT2D eigenvalue weighted by Crippen LogP contribution is 2.31. The highest BCUT2D eigenvalue weighted by molar-refractivity contribution is 4.90. The number of hydrogen-bond acceptors (Lipinski definition) is 4. The summed E-state index contributed by atoms with van der Waals surface area (Å²) in [5, 5.41) is 3.40. The Labute approximate surface area is 136 Å². The molecule has 4 nitrogen and oxygen atoms in total. The third-order valence-corrected chi connectivity index (χ3v) is 6.22. The van der Waals surface area contributed by atoms with Gasteiger partial charge in [-0.05, 0) is 37.5 Å². The van der Waals surface area contributed by atoms with E-state index in [0.29, 0.717) is 6.04 Å². The van der Waals surface area contributed by atoms with Gasteiger partial charge in [0, 0.05) is 58.5 Å². The minimum atomic E-state index is 0.606. The van der Waals surface area contributed by atoms with E-state index in [1.54, 1.807) is 0 Å². The van der Waals surface area contributed by atoms with Crippen LogP contribution in [0.25, 0.3) is 0 Å². The molecular weight excluding hydrogens is 274 g/mol. The van der Waals surface area contributed by atoms with Gasteiger partial charge in [-0.3, -0.25) is 4.90 Å². The summed E-state index contributed by atoms with van der Waals surface area (Å²) in [5.74, 6) is 1.87. The van der Waals surface area contributed by atoms with Gasteiger partial charge < -0.3 is 15.0 Å². The molecular formula is C18H35N3O. The molecule has 0 amide bonds. The standard InChI is InChI=1S/C18H35N3O/c1-3-15-4-6-17(7-5-15)21-9-8-20(12-16-10-19-11-16)13-18(21)14-22-2/h15-19H,3-14H2,1-2H3/t15?,17?,18-/m0/s1. The second-order valence-electron chi connectivity index (χ2n) is 7.71. The van der Waals surface area contributed by atoms with E-state index in [1.165, 1.54) is 71.4 Å². The topological polar surface area (TPSA) is 27.7 Å². The van der Waals surface area contributed by atoms with E-state index >= 15 is 0 Å². The molecule has 0 unspecified atom stereocenters. The number of ether oxygens (including phenoxy) is 1. The van der Waals surface area contributed by atoms with Crippen molar-refractivity contribution in [1.82, 2.24) is 15.1 Å². The van der Waals surface area contributed by atoms with Crippen molar-refractivity contribution in [2.45, 2.75) is 51.1 Å². The van der Waals surface area contributed by atoms with Crippen LogP contribution in [0.3, 0.4) is 0 Å². The van der Waals surface area contributed by atoms with Crippen LogP contribution >= 0.6 is 0 Å². The number of rotatable bonds is 6. The highest BCUT2D eigenvalue weighted by Gasteiger charge is 2.34. The lowest BCUT2D eigenvalue weighted by atomic mass is 9.83. The van der Waals surface area contributed by atoms with Gasteiger partial charge in [0.05, 0.1) is 6.61 Å². The maximum Gasteiger partial charge on any atom is 0.0630 e. The predicted molar refractivity (Wildman–Crippen MR) is 91.2 cm³/mol. The Kier molecular flexibility index (Phi) is 6.14. The van der Waals surface area contributed by atoms with E-state index in [0.717, 1.165) is 24.5 Å². The SMILES string of the molecule is CCC1CCC(N2CCN(CC3CNC3)C[C@H]2COC)CC1. The molecule has 0 bridgehead atoms. The Morgan fingerprint density at radius 1 is 1.05 bits per heavy atom. The normalized spacial score (nSPS) is 35.5. The van der Waals surface area contributed by atoms with Crippen molar-refractivity contribution in [3.05, 3.63) is 0 Å². The van der Waals surface area contributed by atoms with Gasteiger partial charge in [0.15, 0.2) is 0 Å². The van der Waals surface area contributed by atoms with Gasteiger partial charge in [0.1, 0.15) is 0 Å². The van der Waals surface area contributed by atoms with Crippen molar-refractivity contribution in [2.24, 2.45) is 11.8 Å². The quantitative estimate of drug-likeness (QED) is 0.810. The first-order chi connectivity index (χ1) is 10.8. The third-order valence-electron chi connectivity index (χ3n) is 6.22. The van der Waals surface area contributed by atoms with Crippen molar-refractivity contribution in [2.75, 3.05) is 53.0 Å². The number of methoxy groups -OCH3 is 1. The molecule has 1 aliphatic carbocycles. The van der Waals surface area contributed by atoms with Crippen LogP contribution < -0.4 is 5.32 Å². The smallest absolute Gasteiger partial charge is 0.0630 e. The molecule has 1 saturated carbocycles. The minimum Gasteiger partial charge on any atom is -0.383 e. The molecule has 2 saturated heterocycles. The highest BCUT2D eigenvalue weighted by atomic mass is 16.5. The van der Waals surface area contributed by atoms with E-state index in [1.807, 2.05) is 7.11 Å². The molecule has 0 radical (unpaired) electrons. The average molecular weight is 309 g/mol. The van der Waals surface area contributed by atoms with Gasteiger partial charge in [-0.15, -0.1) is 0 Å². The van der Waals surface area contributed by atoms with Crippen molar-refractivity contribution in [1.29, 1.82) is 0 Å². The number of nitrogens with zero attached hydrogens (tertiary/aromatic N) is 2.